The van der Waals surface area contributed by atoms with E-state index in [0.29, 0.717) is 22.4 Å². The van der Waals surface area contributed by atoms with E-state index in [1.807, 2.05) is 48.5 Å². The lowest BCUT2D eigenvalue weighted by atomic mass is 9.98. The smallest absolute Gasteiger partial charge is 0.142 e. The molecule has 0 saturated heterocycles. The molecule has 2 aromatic carbocycles. The lowest BCUT2D eigenvalue weighted by molar-refractivity contribution is 1.31. The standard InChI is InChI=1S/C19H12N4/c20-11-13-6-8-14(9-7-13)16-10-18(15-4-2-1-3-5-15)23-19(22)17(16)12-21/h1-10H,(H2,22,23). The van der Waals surface area contributed by atoms with Crippen molar-refractivity contribution < 1.29 is 0 Å². The van der Waals surface area contributed by atoms with Gasteiger partial charge in [0, 0.05) is 11.1 Å². The van der Waals surface area contributed by atoms with Crippen LogP contribution in [0.5, 0.6) is 0 Å². The van der Waals surface area contributed by atoms with Gasteiger partial charge in [0.25, 0.3) is 0 Å². The largest absolute Gasteiger partial charge is 0.383 e. The van der Waals surface area contributed by atoms with Crippen LogP contribution in [0.15, 0.2) is 60.7 Å². The van der Waals surface area contributed by atoms with Crippen LogP contribution in [-0.4, -0.2) is 4.98 Å². The first-order valence-corrected chi connectivity index (χ1v) is 6.99. The molecule has 0 atom stereocenters. The lowest BCUT2D eigenvalue weighted by Crippen LogP contribution is -1.99. The van der Waals surface area contributed by atoms with Crippen molar-refractivity contribution in [2.24, 2.45) is 0 Å². The summed E-state index contributed by atoms with van der Waals surface area (Å²) < 4.78 is 0. The number of anilines is 1. The van der Waals surface area contributed by atoms with Gasteiger partial charge in [-0.05, 0) is 23.8 Å². The fraction of sp³-hybridized carbons (Fsp3) is 0. The van der Waals surface area contributed by atoms with Crippen LogP contribution in [0.2, 0.25) is 0 Å². The third-order valence-electron chi connectivity index (χ3n) is 3.55. The summed E-state index contributed by atoms with van der Waals surface area (Å²) in [4.78, 5) is 4.34. The zero-order valence-electron chi connectivity index (χ0n) is 12.2. The maximum Gasteiger partial charge on any atom is 0.142 e. The lowest BCUT2D eigenvalue weighted by Gasteiger charge is -2.10. The van der Waals surface area contributed by atoms with Gasteiger partial charge >= 0.3 is 0 Å². The summed E-state index contributed by atoms with van der Waals surface area (Å²) in [6.45, 7) is 0. The van der Waals surface area contributed by atoms with Crippen LogP contribution in [0.3, 0.4) is 0 Å². The highest BCUT2D eigenvalue weighted by atomic mass is 14.8. The van der Waals surface area contributed by atoms with Crippen molar-refractivity contribution in [3.8, 4) is 34.5 Å². The molecule has 4 heteroatoms. The van der Waals surface area contributed by atoms with E-state index < -0.39 is 0 Å². The van der Waals surface area contributed by atoms with Gasteiger partial charge in [0.15, 0.2) is 0 Å². The van der Waals surface area contributed by atoms with Crippen molar-refractivity contribution in [3.63, 3.8) is 0 Å². The minimum Gasteiger partial charge on any atom is -0.383 e. The summed E-state index contributed by atoms with van der Waals surface area (Å²) in [6.07, 6.45) is 0. The van der Waals surface area contributed by atoms with E-state index >= 15 is 0 Å². The van der Waals surface area contributed by atoms with Crippen LogP contribution < -0.4 is 5.73 Å². The Morgan fingerprint density at radius 3 is 2.13 bits per heavy atom. The summed E-state index contributed by atoms with van der Waals surface area (Å²) in [5.41, 5.74) is 10.1. The first-order chi connectivity index (χ1) is 11.2. The number of rotatable bonds is 2. The molecule has 4 nitrogen and oxygen atoms in total. The van der Waals surface area contributed by atoms with Crippen molar-refractivity contribution in [2.75, 3.05) is 5.73 Å². The Bertz CT molecular complexity index is 930. The van der Waals surface area contributed by atoms with Crippen LogP contribution in [-0.2, 0) is 0 Å². The quantitative estimate of drug-likeness (QED) is 0.780. The second-order valence-corrected chi connectivity index (χ2v) is 4.98. The van der Waals surface area contributed by atoms with Gasteiger partial charge in [0.2, 0.25) is 0 Å². The fourth-order valence-electron chi connectivity index (χ4n) is 2.39. The number of aromatic nitrogens is 1. The Morgan fingerprint density at radius 2 is 1.52 bits per heavy atom. The topological polar surface area (TPSA) is 86.5 Å². The number of pyridine rings is 1. The van der Waals surface area contributed by atoms with E-state index in [0.717, 1.165) is 11.1 Å². The average molecular weight is 296 g/mol. The van der Waals surface area contributed by atoms with Crippen LogP contribution in [0.4, 0.5) is 5.82 Å². The highest BCUT2D eigenvalue weighted by Gasteiger charge is 2.13. The molecular weight excluding hydrogens is 284 g/mol. The number of nitrogens with zero attached hydrogens (tertiary/aromatic N) is 3. The molecule has 0 spiro atoms. The van der Waals surface area contributed by atoms with E-state index in [4.69, 9.17) is 11.0 Å². The molecule has 0 fully saturated rings. The molecular formula is C19H12N4. The number of benzene rings is 2. The van der Waals surface area contributed by atoms with E-state index in [9.17, 15) is 5.26 Å². The van der Waals surface area contributed by atoms with Crippen molar-refractivity contribution in [1.82, 2.24) is 4.98 Å². The SMILES string of the molecule is N#Cc1ccc(-c2cc(-c3ccccc3)nc(N)c2C#N)cc1. The molecule has 0 unspecified atom stereocenters. The summed E-state index contributed by atoms with van der Waals surface area (Å²) in [7, 11) is 0. The molecule has 2 N–H and O–H groups in total. The molecule has 1 aromatic heterocycles. The van der Waals surface area contributed by atoms with Gasteiger partial charge in [-0.15, -0.1) is 0 Å². The molecule has 0 amide bonds. The molecule has 23 heavy (non-hydrogen) atoms. The minimum atomic E-state index is 0.202. The number of hydrogen-bond donors (Lipinski definition) is 1. The number of nitrogen functional groups attached to an aromatic ring is 1. The van der Waals surface area contributed by atoms with Gasteiger partial charge < -0.3 is 5.73 Å². The third-order valence-corrected chi connectivity index (χ3v) is 3.55. The van der Waals surface area contributed by atoms with E-state index in [1.54, 1.807) is 12.1 Å². The Kier molecular flexibility index (Phi) is 3.74. The predicted octanol–water partition coefficient (Wildman–Crippen LogP) is 3.74. The molecule has 0 radical (unpaired) electrons. The normalized spacial score (nSPS) is 9.83. The van der Waals surface area contributed by atoms with Crippen LogP contribution in [0, 0.1) is 22.7 Å². The molecule has 0 saturated carbocycles. The maximum atomic E-state index is 9.40. The molecule has 0 aliphatic rings. The van der Waals surface area contributed by atoms with Crippen molar-refractivity contribution in [2.45, 2.75) is 0 Å². The molecule has 0 aliphatic carbocycles. The number of nitriles is 2. The Labute approximate surface area is 134 Å². The Hall–Kier alpha value is -3.63. The Balaban J connectivity index is 2.20. The zero-order valence-corrected chi connectivity index (χ0v) is 12.2. The molecule has 1 heterocycles. The first-order valence-electron chi connectivity index (χ1n) is 6.99. The van der Waals surface area contributed by atoms with E-state index in [-0.39, 0.29) is 5.82 Å². The predicted molar refractivity (Wildman–Crippen MR) is 89.0 cm³/mol. The van der Waals surface area contributed by atoms with Crippen molar-refractivity contribution in [3.05, 3.63) is 71.8 Å². The van der Waals surface area contributed by atoms with Gasteiger partial charge in [-0.25, -0.2) is 4.98 Å². The van der Waals surface area contributed by atoms with Gasteiger partial charge in [-0.3, -0.25) is 0 Å². The highest BCUT2D eigenvalue weighted by molar-refractivity contribution is 5.80. The van der Waals surface area contributed by atoms with Crippen LogP contribution in [0.25, 0.3) is 22.4 Å². The first kappa shape index (κ1) is 14.3. The Morgan fingerprint density at radius 1 is 0.826 bits per heavy atom. The van der Waals surface area contributed by atoms with Gasteiger partial charge in [0.1, 0.15) is 17.5 Å². The third kappa shape index (κ3) is 2.74. The average Bonchev–Trinajstić information content (AvgIpc) is 2.62. The molecule has 0 bridgehead atoms. The van der Waals surface area contributed by atoms with E-state index in [2.05, 4.69) is 17.1 Å². The summed E-state index contributed by atoms with van der Waals surface area (Å²) >= 11 is 0. The molecule has 108 valence electrons. The molecule has 0 aliphatic heterocycles. The summed E-state index contributed by atoms with van der Waals surface area (Å²) in [6, 6.07) is 22.8. The van der Waals surface area contributed by atoms with Crippen molar-refractivity contribution in [1.29, 1.82) is 10.5 Å². The summed E-state index contributed by atoms with van der Waals surface area (Å²) in [5, 5.41) is 18.3. The second kappa shape index (κ2) is 6.01. The second-order valence-electron chi connectivity index (χ2n) is 4.98. The number of hydrogen-bond acceptors (Lipinski definition) is 4. The van der Waals surface area contributed by atoms with Crippen LogP contribution >= 0.6 is 0 Å². The monoisotopic (exact) mass is 296 g/mol. The molecule has 3 aromatic rings. The molecule has 3 rings (SSSR count). The van der Waals surface area contributed by atoms with Gasteiger partial charge in [0.05, 0.1) is 17.3 Å². The fourth-order valence-corrected chi connectivity index (χ4v) is 2.39. The van der Waals surface area contributed by atoms with Gasteiger partial charge in [-0.1, -0.05) is 42.5 Å². The zero-order chi connectivity index (χ0) is 16.2. The van der Waals surface area contributed by atoms with E-state index in [1.165, 1.54) is 0 Å². The van der Waals surface area contributed by atoms with Crippen molar-refractivity contribution >= 4 is 5.82 Å². The highest BCUT2D eigenvalue weighted by Crippen LogP contribution is 2.31. The number of nitrogens with two attached hydrogens (primary N) is 1. The minimum absolute atomic E-state index is 0.202. The van der Waals surface area contributed by atoms with Gasteiger partial charge in [-0.2, -0.15) is 10.5 Å². The van der Waals surface area contributed by atoms with Crippen LogP contribution in [0.1, 0.15) is 11.1 Å². The maximum absolute atomic E-state index is 9.40. The summed E-state index contributed by atoms with van der Waals surface area (Å²) in [5.74, 6) is 0.202.